The van der Waals surface area contributed by atoms with Crippen molar-refractivity contribution >= 4 is 11.9 Å². The van der Waals surface area contributed by atoms with Crippen LogP contribution in [0.3, 0.4) is 0 Å². The third-order valence-corrected chi connectivity index (χ3v) is 6.10. The van der Waals surface area contributed by atoms with Gasteiger partial charge in [0, 0.05) is 50.2 Å². The molecule has 0 saturated carbocycles. The fourth-order valence-corrected chi connectivity index (χ4v) is 4.45. The zero-order valence-corrected chi connectivity index (χ0v) is 17.4. The number of hydrogen-bond acceptors (Lipinski definition) is 7. The van der Waals surface area contributed by atoms with E-state index in [0.29, 0.717) is 37.3 Å². The van der Waals surface area contributed by atoms with E-state index in [9.17, 15) is 4.79 Å². The standard InChI is InChI=1S/C22H26N8O/c31-21(8-4-3-7-20-26-28-29-27-20)30-10-9-19-17(14-30)13-23-22(25-19)24-18-11-15-5-1-2-6-16(15)12-18/h1-2,5-6,13,18H,3-4,7-12,14H2,(H,23,24,25)(H,26,27,28,29). The van der Waals surface area contributed by atoms with E-state index in [0.717, 1.165) is 49.8 Å². The number of fused-ring (bicyclic) bond motifs is 2. The number of benzene rings is 1. The topological polar surface area (TPSA) is 113 Å². The maximum atomic E-state index is 12.6. The predicted octanol–water partition coefficient (Wildman–Crippen LogP) is 1.87. The Morgan fingerprint density at radius 2 is 2.00 bits per heavy atom. The van der Waals surface area contributed by atoms with Gasteiger partial charge in [-0.1, -0.05) is 29.5 Å². The normalized spacial score (nSPS) is 15.5. The van der Waals surface area contributed by atoms with Gasteiger partial charge in [0.05, 0.1) is 5.69 Å². The molecule has 0 atom stereocenters. The number of rotatable bonds is 7. The largest absolute Gasteiger partial charge is 0.351 e. The minimum absolute atomic E-state index is 0.185. The lowest BCUT2D eigenvalue weighted by atomic mass is 10.1. The van der Waals surface area contributed by atoms with E-state index in [1.54, 1.807) is 0 Å². The third-order valence-electron chi connectivity index (χ3n) is 6.10. The molecular formula is C22H26N8O. The van der Waals surface area contributed by atoms with Gasteiger partial charge in [-0.15, -0.1) is 10.2 Å². The van der Waals surface area contributed by atoms with Gasteiger partial charge in [-0.05, 0) is 36.8 Å². The number of anilines is 1. The highest BCUT2D eigenvalue weighted by molar-refractivity contribution is 5.76. The molecule has 1 aromatic carbocycles. The fourth-order valence-electron chi connectivity index (χ4n) is 4.45. The van der Waals surface area contributed by atoms with Gasteiger partial charge in [-0.2, -0.15) is 5.21 Å². The number of tetrazole rings is 1. The summed E-state index contributed by atoms with van der Waals surface area (Å²) in [7, 11) is 0. The van der Waals surface area contributed by atoms with Crippen LogP contribution in [0.2, 0.25) is 0 Å². The van der Waals surface area contributed by atoms with Crippen molar-refractivity contribution in [3.05, 3.63) is 58.7 Å². The van der Waals surface area contributed by atoms with E-state index in [-0.39, 0.29) is 5.91 Å². The summed E-state index contributed by atoms with van der Waals surface area (Å²) in [5.41, 5.74) is 4.91. The summed E-state index contributed by atoms with van der Waals surface area (Å²) >= 11 is 0. The molecule has 5 rings (SSSR count). The fraction of sp³-hybridized carbons (Fsp3) is 0.455. The molecule has 2 N–H and O–H groups in total. The van der Waals surface area contributed by atoms with Gasteiger partial charge in [0.15, 0.2) is 5.82 Å². The number of unbranched alkanes of at least 4 members (excludes halogenated alkanes) is 1. The molecule has 9 heteroatoms. The Labute approximate surface area is 180 Å². The lowest BCUT2D eigenvalue weighted by Gasteiger charge is -2.28. The molecule has 0 spiro atoms. The molecular weight excluding hydrogens is 392 g/mol. The average Bonchev–Trinajstić information content (AvgIpc) is 3.45. The summed E-state index contributed by atoms with van der Waals surface area (Å²) in [6.45, 7) is 1.30. The Morgan fingerprint density at radius 3 is 2.77 bits per heavy atom. The number of aromatic amines is 1. The van der Waals surface area contributed by atoms with E-state index < -0.39 is 0 Å². The van der Waals surface area contributed by atoms with Crippen LogP contribution < -0.4 is 5.32 Å². The predicted molar refractivity (Wildman–Crippen MR) is 114 cm³/mol. The van der Waals surface area contributed by atoms with Crippen LogP contribution in [0.5, 0.6) is 0 Å². The number of aromatic nitrogens is 6. The maximum Gasteiger partial charge on any atom is 0.223 e. The Bertz CT molecular complexity index is 1030. The highest BCUT2D eigenvalue weighted by Crippen LogP contribution is 2.24. The number of H-pyrrole nitrogens is 1. The summed E-state index contributed by atoms with van der Waals surface area (Å²) in [4.78, 5) is 23.8. The molecule has 160 valence electrons. The second kappa shape index (κ2) is 8.79. The smallest absolute Gasteiger partial charge is 0.223 e. The van der Waals surface area contributed by atoms with Crippen LogP contribution in [0.25, 0.3) is 0 Å². The highest BCUT2D eigenvalue weighted by Gasteiger charge is 2.24. The van der Waals surface area contributed by atoms with Crippen molar-refractivity contribution in [1.29, 1.82) is 0 Å². The molecule has 0 unspecified atom stereocenters. The van der Waals surface area contributed by atoms with Crippen molar-refractivity contribution in [2.24, 2.45) is 0 Å². The van der Waals surface area contributed by atoms with Crippen molar-refractivity contribution in [2.45, 2.75) is 57.5 Å². The first-order valence-corrected chi connectivity index (χ1v) is 10.9. The summed E-state index contributed by atoms with van der Waals surface area (Å²) < 4.78 is 0. The van der Waals surface area contributed by atoms with Crippen LogP contribution in [-0.4, -0.2) is 54.0 Å². The maximum absolute atomic E-state index is 12.6. The Balaban J connectivity index is 1.12. The van der Waals surface area contributed by atoms with Crippen molar-refractivity contribution in [2.75, 3.05) is 11.9 Å². The Morgan fingerprint density at radius 1 is 1.16 bits per heavy atom. The number of carbonyl (C=O) groups is 1. The van der Waals surface area contributed by atoms with Gasteiger partial charge in [-0.25, -0.2) is 9.97 Å². The van der Waals surface area contributed by atoms with Gasteiger partial charge < -0.3 is 10.2 Å². The number of hydrogen-bond donors (Lipinski definition) is 2. The lowest BCUT2D eigenvalue weighted by Crippen LogP contribution is -2.36. The number of aryl methyl sites for hydroxylation is 1. The van der Waals surface area contributed by atoms with E-state index in [4.69, 9.17) is 4.98 Å². The van der Waals surface area contributed by atoms with E-state index in [1.807, 2.05) is 11.1 Å². The Kier molecular flexibility index (Phi) is 5.56. The van der Waals surface area contributed by atoms with Gasteiger partial charge in [0.2, 0.25) is 11.9 Å². The number of amides is 1. The summed E-state index contributed by atoms with van der Waals surface area (Å²) in [6.07, 6.45) is 7.63. The molecule has 2 aromatic heterocycles. The summed E-state index contributed by atoms with van der Waals surface area (Å²) in [5, 5.41) is 17.4. The highest BCUT2D eigenvalue weighted by atomic mass is 16.2. The molecule has 2 aliphatic rings. The van der Waals surface area contributed by atoms with Crippen molar-refractivity contribution in [1.82, 2.24) is 35.5 Å². The third kappa shape index (κ3) is 4.55. The molecule has 0 radical (unpaired) electrons. The van der Waals surface area contributed by atoms with Gasteiger partial charge >= 0.3 is 0 Å². The molecule has 1 aliphatic heterocycles. The van der Waals surface area contributed by atoms with Crippen molar-refractivity contribution < 1.29 is 4.79 Å². The Hall–Kier alpha value is -3.36. The molecule has 9 nitrogen and oxygen atoms in total. The zero-order chi connectivity index (χ0) is 21.0. The first kappa shape index (κ1) is 19.6. The van der Waals surface area contributed by atoms with Gasteiger partial charge in [-0.3, -0.25) is 4.79 Å². The lowest BCUT2D eigenvalue weighted by molar-refractivity contribution is -0.132. The summed E-state index contributed by atoms with van der Waals surface area (Å²) in [6, 6.07) is 8.92. The van der Waals surface area contributed by atoms with Gasteiger partial charge in [0.1, 0.15) is 0 Å². The number of carbonyl (C=O) groups excluding carboxylic acids is 1. The molecule has 0 saturated heterocycles. The number of nitrogens with one attached hydrogen (secondary N) is 2. The van der Waals surface area contributed by atoms with Crippen LogP contribution in [0.4, 0.5) is 5.95 Å². The second-order valence-electron chi connectivity index (χ2n) is 8.28. The van der Waals surface area contributed by atoms with E-state index >= 15 is 0 Å². The first-order chi connectivity index (χ1) is 15.2. The van der Waals surface area contributed by atoms with Crippen LogP contribution in [0, 0.1) is 0 Å². The molecule has 1 amide bonds. The zero-order valence-electron chi connectivity index (χ0n) is 17.4. The quantitative estimate of drug-likeness (QED) is 0.563. The van der Waals surface area contributed by atoms with Gasteiger partial charge in [0.25, 0.3) is 0 Å². The summed E-state index contributed by atoms with van der Waals surface area (Å²) in [5.74, 6) is 1.57. The van der Waals surface area contributed by atoms with Crippen LogP contribution in [0.1, 0.15) is 47.5 Å². The van der Waals surface area contributed by atoms with E-state index in [1.165, 1.54) is 11.1 Å². The van der Waals surface area contributed by atoms with Crippen LogP contribution >= 0.6 is 0 Å². The molecule has 0 fully saturated rings. The van der Waals surface area contributed by atoms with Crippen LogP contribution in [-0.2, 0) is 37.0 Å². The van der Waals surface area contributed by atoms with Crippen molar-refractivity contribution in [3.63, 3.8) is 0 Å². The minimum atomic E-state index is 0.185. The average molecular weight is 419 g/mol. The molecule has 1 aliphatic carbocycles. The molecule has 0 bridgehead atoms. The second-order valence-corrected chi connectivity index (χ2v) is 8.28. The molecule has 3 aromatic rings. The molecule has 3 heterocycles. The van der Waals surface area contributed by atoms with E-state index in [2.05, 4.69) is 55.2 Å². The van der Waals surface area contributed by atoms with Crippen LogP contribution in [0.15, 0.2) is 30.5 Å². The van der Waals surface area contributed by atoms with Crippen molar-refractivity contribution in [3.8, 4) is 0 Å². The first-order valence-electron chi connectivity index (χ1n) is 10.9. The minimum Gasteiger partial charge on any atom is -0.351 e. The molecule has 31 heavy (non-hydrogen) atoms. The number of nitrogens with zero attached hydrogens (tertiary/aromatic N) is 6. The SMILES string of the molecule is O=C(CCCCc1nn[nH]n1)N1CCc2nc(NC3Cc4ccccc4C3)ncc2C1. The monoisotopic (exact) mass is 418 g/mol.